The highest BCUT2D eigenvalue weighted by Gasteiger charge is 2.29. The monoisotopic (exact) mass is 373 g/mol. The van der Waals surface area contributed by atoms with Crippen LogP contribution in [-0.2, 0) is 0 Å². The molecule has 136 valence electrons. The molecular formula is C19H20ClN3O3. The minimum absolute atomic E-state index is 0.00704. The van der Waals surface area contributed by atoms with Crippen LogP contribution < -0.4 is 10.3 Å². The lowest BCUT2D eigenvalue weighted by Gasteiger charge is -2.32. The first-order valence-corrected chi connectivity index (χ1v) is 9.29. The molecule has 2 aliphatic rings. The summed E-state index contributed by atoms with van der Waals surface area (Å²) in [5, 5.41) is 0.583. The molecule has 1 amide bonds. The summed E-state index contributed by atoms with van der Waals surface area (Å²) in [5.41, 5.74) is -0.235. The van der Waals surface area contributed by atoms with E-state index in [1.807, 2.05) is 18.2 Å². The van der Waals surface area contributed by atoms with Crippen LogP contribution in [-0.4, -0.2) is 40.0 Å². The van der Waals surface area contributed by atoms with Gasteiger partial charge in [0.15, 0.2) is 0 Å². The Bertz CT molecular complexity index is 870. The van der Waals surface area contributed by atoms with Crippen molar-refractivity contribution in [1.29, 1.82) is 0 Å². The lowest BCUT2D eigenvalue weighted by Crippen LogP contribution is -2.43. The number of halogens is 1. The molecule has 4 rings (SSSR count). The molecule has 0 unspecified atom stereocenters. The van der Waals surface area contributed by atoms with Gasteiger partial charge in [0, 0.05) is 38.0 Å². The number of nitrogens with zero attached hydrogens (tertiary/aromatic N) is 2. The van der Waals surface area contributed by atoms with Crippen LogP contribution in [0, 0.1) is 0 Å². The molecule has 1 saturated heterocycles. The lowest BCUT2D eigenvalue weighted by atomic mass is 10.1. The minimum atomic E-state index is -0.346. The van der Waals surface area contributed by atoms with Gasteiger partial charge in [-0.3, -0.25) is 9.59 Å². The van der Waals surface area contributed by atoms with Gasteiger partial charge in [0.2, 0.25) is 0 Å². The maximum atomic E-state index is 12.6. The minimum Gasteiger partial charge on any atom is -0.489 e. The molecule has 6 nitrogen and oxygen atoms in total. The van der Waals surface area contributed by atoms with E-state index in [0.717, 1.165) is 12.8 Å². The molecule has 1 aromatic carbocycles. The Morgan fingerprint density at radius 1 is 1.19 bits per heavy atom. The molecule has 0 radical (unpaired) electrons. The van der Waals surface area contributed by atoms with E-state index in [2.05, 4.69) is 9.97 Å². The molecule has 2 fully saturated rings. The van der Waals surface area contributed by atoms with Gasteiger partial charge < -0.3 is 14.6 Å². The number of piperidine rings is 1. The summed E-state index contributed by atoms with van der Waals surface area (Å²) in [7, 11) is 0. The second-order valence-electron chi connectivity index (χ2n) is 6.83. The molecule has 2 heterocycles. The second-order valence-corrected chi connectivity index (χ2v) is 7.23. The smallest absolute Gasteiger partial charge is 0.263 e. The van der Waals surface area contributed by atoms with Crippen molar-refractivity contribution in [3.8, 4) is 5.75 Å². The van der Waals surface area contributed by atoms with Crippen molar-refractivity contribution < 1.29 is 9.53 Å². The molecule has 0 atom stereocenters. The fourth-order valence-electron chi connectivity index (χ4n) is 3.19. The summed E-state index contributed by atoms with van der Waals surface area (Å²) in [4.78, 5) is 33.6. The van der Waals surface area contributed by atoms with Crippen LogP contribution in [0.2, 0.25) is 5.02 Å². The van der Waals surface area contributed by atoms with Crippen LogP contribution in [0.15, 0.2) is 35.3 Å². The Kier molecular flexibility index (Phi) is 4.68. The Balaban J connectivity index is 1.37. The fraction of sp³-hybridized carbons (Fsp3) is 0.421. The predicted molar refractivity (Wildman–Crippen MR) is 97.8 cm³/mol. The first kappa shape index (κ1) is 17.1. The average Bonchev–Trinajstić information content (AvgIpc) is 3.49. The first-order chi connectivity index (χ1) is 12.6. The third kappa shape index (κ3) is 3.60. The number of H-pyrrole nitrogens is 1. The Hall–Kier alpha value is -2.34. The van der Waals surface area contributed by atoms with E-state index in [1.54, 1.807) is 11.0 Å². The van der Waals surface area contributed by atoms with Gasteiger partial charge in [-0.1, -0.05) is 23.7 Å². The largest absolute Gasteiger partial charge is 0.489 e. The van der Waals surface area contributed by atoms with Gasteiger partial charge in [-0.05, 0) is 25.0 Å². The van der Waals surface area contributed by atoms with Crippen molar-refractivity contribution in [3.63, 3.8) is 0 Å². The van der Waals surface area contributed by atoms with Gasteiger partial charge >= 0.3 is 0 Å². The van der Waals surface area contributed by atoms with Crippen LogP contribution in [0.4, 0.5) is 0 Å². The summed E-state index contributed by atoms with van der Waals surface area (Å²) >= 11 is 6.12. The Morgan fingerprint density at radius 3 is 2.58 bits per heavy atom. The Labute approximate surface area is 156 Å². The second kappa shape index (κ2) is 7.11. The molecule has 1 N–H and O–H groups in total. The lowest BCUT2D eigenvalue weighted by molar-refractivity contribution is 0.0593. The number of benzene rings is 1. The number of hydrogen-bond acceptors (Lipinski definition) is 4. The first-order valence-electron chi connectivity index (χ1n) is 8.91. The molecular weight excluding hydrogens is 354 g/mol. The summed E-state index contributed by atoms with van der Waals surface area (Å²) < 4.78 is 5.94. The number of amides is 1. The zero-order chi connectivity index (χ0) is 18.1. The maximum Gasteiger partial charge on any atom is 0.263 e. The molecule has 1 aliphatic carbocycles. The molecule has 7 heteroatoms. The number of likely N-dealkylation sites (tertiary alicyclic amines) is 1. The predicted octanol–water partition coefficient (Wildman–Crippen LogP) is 2.98. The van der Waals surface area contributed by atoms with E-state index < -0.39 is 0 Å². The van der Waals surface area contributed by atoms with Crippen molar-refractivity contribution in [1.82, 2.24) is 14.9 Å². The highest BCUT2D eigenvalue weighted by Crippen LogP contribution is 2.37. The van der Waals surface area contributed by atoms with Gasteiger partial charge in [-0.2, -0.15) is 0 Å². The summed E-state index contributed by atoms with van der Waals surface area (Å²) in [6.07, 6.45) is 4.92. The summed E-state index contributed by atoms with van der Waals surface area (Å²) in [5.74, 6) is 1.44. The number of aromatic amines is 1. The zero-order valence-electron chi connectivity index (χ0n) is 14.3. The maximum absolute atomic E-state index is 12.6. The van der Waals surface area contributed by atoms with Gasteiger partial charge in [-0.25, -0.2) is 4.98 Å². The van der Waals surface area contributed by atoms with Crippen LogP contribution in [0.25, 0.3) is 0 Å². The van der Waals surface area contributed by atoms with Crippen LogP contribution in [0.5, 0.6) is 5.75 Å². The third-order valence-corrected chi connectivity index (χ3v) is 5.19. The van der Waals surface area contributed by atoms with E-state index in [1.165, 1.54) is 6.20 Å². The number of hydrogen-bond donors (Lipinski definition) is 1. The molecule has 0 spiro atoms. The standard InChI is InChI=1S/C19H20ClN3O3/c20-15-3-1-2-4-16(15)26-13-7-9-23(10-8-13)19(25)14-11-21-17(12-5-6-12)22-18(14)24/h1-4,11-13H,5-10H2,(H,21,22,24). The number of carbonyl (C=O) groups is 1. The van der Waals surface area contributed by atoms with Gasteiger partial charge in [0.25, 0.3) is 11.5 Å². The fourth-order valence-corrected chi connectivity index (χ4v) is 3.37. The highest BCUT2D eigenvalue weighted by atomic mass is 35.5. The van der Waals surface area contributed by atoms with E-state index in [0.29, 0.717) is 48.4 Å². The van der Waals surface area contributed by atoms with E-state index >= 15 is 0 Å². The molecule has 1 aliphatic heterocycles. The van der Waals surface area contributed by atoms with Crippen molar-refractivity contribution >= 4 is 17.5 Å². The van der Waals surface area contributed by atoms with Crippen molar-refractivity contribution in [3.05, 3.63) is 57.2 Å². The van der Waals surface area contributed by atoms with Gasteiger partial charge in [-0.15, -0.1) is 0 Å². The normalized spacial score (nSPS) is 18.0. The van der Waals surface area contributed by atoms with Crippen molar-refractivity contribution in [2.24, 2.45) is 0 Å². The van der Waals surface area contributed by atoms with Crippen LogP contribution in [0.1, 0.15) is 47.8 Å². The number of carbonyl (C=O) groups excluding carboxylic acids is 1. The van der Waals surface area contributed by atoms with Gasteiger partial charge in [0.05, 0.1) is 5.02 Å². The average molecular weight is 374 g/mol. The number of nitrogens with one attached hydrogen (secondary N) is 1. The van der Waals surface area contributed by atoms with Crippen molar-refractivity contribution in [2.45, 2.75) is 37.7 Å². The van der Waals surface area contributed by atoms with Gasteiger partial charge in [0.1, 0.15) is 23.2 Å². The summed E-state index contributed by atoms with van der Waals surface area (Å²) in [6.45, 7) is 1.08. The van der Waals surface area contributed by atoms with Crippen molar-refractivity contribution in [2.75, 3.05) is 13.1 Å². The third-order valence-electron chi connectivity index (χ3n) is 4.87. The zero-order valence-corrected chi connectivity index (χ0v) is 15.0. The highest BCUT2D eigenvalue weighted by molar-refractivity contribution is 6.32. The molecule has 26 heavy (non-hydrogen) atoms. The number of aromatic nitrogens is 2. The molecule has 0 bridgehead atoms. The Morgan fingerprint density at radius 2 is 1.92 bits per heavy atom. The molecule has 1 saturated carbocycles. The van der Waals surface area contributed by atoms with Crippen LogP contribution in [0.3, 0.4) is 0 Å². The van der Waals surface area contributed by atoms with Crippen LogP contribution >= 0.6 is 11.6 Å². The van der Waals surface area contributed by atoms with E-state index in [-0.39, 0.29) is 23.1 Å². The quantitative estimate of drug-likeness (QED) is 0.893. The molecule has 2 aromatic rings. The van der Waals surface area contributed by atoms with E-state index in [4.69, 9.17) is 16.3 Å². The topological polar surface area (TPSA) is 75.3 Å². The number of ether oxygens (including phenoxy) is 1. The van der Waals surface area contributed by atoms with E-state index in [9.17, 15) is 9.59 Å². The number of para-hydroxylation sites is 1. The molecule has 1 aromatic heterocycles. The SMILES string of the molecule is O=C(c1cnc(C2CC2)[nH]c1=O)N1CCC(Oc2ccccc2Cl)CC1. The summed E-state index contributed by atoms with van der Waals surface area (Å²) in [6, 6.07) is 7.37. The number of rotatable bonds is 4.